The Bertz CT molecular complexity index is 547. The SMILES string of the molecule is FC1=CC(F)C(c2ccc(C(F)(F)F)cn2)=C=C1. The molecule has 0 aromatic carbocycles. The molecule has 1 nitrogen and oxygen atoms in total. The summed E-state index contributed by atoms with van der Waals surface area (Å²) >= 11 is 0. The van der Waals surface area contributed by atoms with Gasteiger partial charge in [0.15, 0.2) is 6.17 Å². The standard InChI is InChI=1S/C12H6F5N/c13-8-2-3-9(10(14)5-8)11-4-1-7(6-18-11)12(15,16)17/h1-2,4-6,10H. The molecule has 6 heteroatoms. The van der Waals surface area contributed by atoms with Crippen LogP contribution < -0.4 is 0 Å². The van der Waals surface area contributed by atoms with E-state index in [-0.39, 0.29) is 11.3 Å². The molecule has 0 saturated heterocycles. The van der Waals surface area contributed by atoms with E-state index in [1.54, 1.807) is 0 Å². The minimum atomic E-state index is -4.50. The summed E-state index contributed by atoms with van der Waals surface area (Å²) in [6, 6.07) is 1.82. The summed E-state index contributed by atoms with van der Waals surface area (Å²) in [4.78, 5) is 3.51. The van der Waals surface area contributed by atoms with E-state index in [0.29, 0.717) is 12.3 Å². The molecule has 1 aliphatic rings. The number of hydrogen-bond acceptors (Lipinski definition) is 1. The molecular weight excluding hydrogens is 253 g/mol. The number of alkyl halides is 4. The van der Waals surface area contributed by atoms with Crippen molar-refractivity contribution in [2.75, 3.05) is 0 Å². The van der Waals surface area contributed by atoms with Crippen LogP contribution in [0, 0.1) is 0 Å². The van der Waals surface area contributed by atoms with Crippen LogP contribution in [0.15, 0.2) is 42.0 Å². The minimum Gasteiger partial charge on any atom is -0.255 e. The van der Waals surface area contributed by atoms with Gasteiger partial charge in [-0.05, 0) is 18.2 Å². The topological polar surface area (TPSA) is 12.9 Å². The van der Waals surface area contributed by atoms with Crippen LogP contribution in [0.4, 0.5) is 22.0 Å². The average Bonchev–Trinajstić information content (AvgIpc) is 2.28. The predicted molar refractivity (Wildman–Crippen MR) is 54.8 cm³/mol. The van der Waals surface area contributed by atoms with E-state index in [1.165, 1.54) is 0 Å². The molecule has 1 unspecified atom stereocenters. The summed E-state index contributed by atoms with van der Waals surface area (Å²) in [5.74, 6) is -0.779. The van der Waals surface area contributed by atoms with Gasteiger partial charge in [0.2, 0.25) is 0 Å². The zero-order chi connectivity index (χ0) is 13.3. The van der Waals surface area contributed by atoms with Crippen molar-refractivity contribution in [3.05, 3.63) is 53.3 Å². The van der Waals surface area contributed by atoms with Crippen molar-refractivity contribution in [3.8, 4) is 0 Å². The molecule has 2 rings (SSSR count). The number of aromatic nitrogens is 1. The van der Waals surface area contributed by atoms with E-state index < -0.39 is 23.7 Å². The smallest absolute Gasteiger partial charge is 0.255 e. The molecule has 1 aliphatic carbocycles. The van der Waals surface area contributed by atoms with E-state index in [1.807, 2.05) is 0 Å². The van der Waals surface area contributed by atoms with Crippen LogP contribution in [0.2, 0.25) is 0 Å². The molecule has 1 heterocycles. The first kappa shape index (κ1) is 12.5. The molecule has 0 fully saturated rings. The Morgan fingerprint density at radius 3 is 2.44 bits per heavy atom. The summed E-state index contributed by atoms with van der Waals surface area (Å²) in [6.07, 6.45) is -4.05. The molecular formula is C12H6F5N. The monoisotopic (exact) mass is 259 g/mol. The van der Waals surface area contributed by atoms with Crippen LogP contribution in [0.5, 0.6) is 0 Å². The largest absolute Gasteiger partial charge is 0.417 e. The van der Waals surface area contributed by atoms with E-state index in [2.05, 4.69) is 10.7 Å². The van der Waals surface area contributed by atoms with E-state index >= 15 is 0 Å². The van der Waals surface area contributed by atoms with Crippen molar-refractivity contribution in [3.63, 3.8) is 0 Å². The molecule has 0 bridgehead atoms. The van der Waals surface area contributed by atoms with Gasteiger partial charge in [0, 0.05) is 12.3 Å². The van der Waals surface area contributed by atoms with E-state index in [9.17, 15) is 22.0 Å². The van der Waals surface area contributed by atoms with Crippen molar-refractivity contribution in [2.45, 2.75) is 12.3 Å². The maximum atomic E-state index is 13.4. The van der Waals surface area contributed by atoms with Gasteiger partial charge in [-0.1, -0.05) is 0 Å². The summed E-state index contributed by atoms with van der Waals surface area (Å²) in [6.45, 7) is 0. The van der Waals surface area contributed by atoms with E-state index in [0.717, 1.165) is 18.2 Å². The van der Waals surface area contributed by atoms with Gasteiger partial charge >= 0.3 is 6.18 Å². The third-order valence-corrected chi connectivity index (χ3v) is 2.31. The molecule has 0 N–H and O–H groups in total. The van der Waals surface area contributed by atoms with Crippen molar-refractivity contribution in [2.24, 2.45) is 0 Å². The Kier molecular flexibility index (Phi) is 3.05. The quantitative estimate of drug-likeness (QED) is 0.551. The van der Waals surface area contributed by atoms with Gasteiger partial charge in [-0.3, -0.25) is 4.98 Å². The second-order valence-electron chi connectivity index (χ2n) is 3.59. The van der Waals surface area contributed by atoms with Gasteiger partial charge in [0.1, 0.15) is 5.83 Å². The highest BCUT2D eigenvalue weighted by Gasteiger charge is 2.31. The third kappa shape index (κ3) is 2.49. The first-order chi connectivity index (χ1) is 8.38. The van der Waals surface area contributed by atoms with Crippen molar-refractivity contribution in [1.29, 1.82) is 0 Å². The first-order valence-corrected chi connectivity index (χ1v) is 4.89. The van der Waals surface area contributed by atoms with Crippen molar-refractivity contribution >= 4 is 5.57 Å². The fourth-order valence-corrected chi connectivity index (χ4v) is 1.43. The highest BCUT2D eigenvalue weighted by Crippen LogP contribution is 2.30. The summed E-state index contributed by atoms with van der Waals surface area (Å²) in [5.41, 5.74) is 1.30. The molecule has 0 aliphatic heterocycles. The average molecular weight is 259 g/mol. The predicted octanol–water partition coefficient (Wildman–Crippen LogP) is 3.84. The number of hydrogen-bond donors (Lipinski definition) is 0. The zero-order valence-electron chi connectivity index (χ0n) is 8.80. The van der Waals surface area contributed by atoms with Crippen molar-refractivity contribution < 1.29 is 22.0 Å². The number of allylic oxidation sites excluding steroid dienone is 3. The number of halogens is 5. The Balaban J connectivity index is 2.35. The molecule has 94 valence electrons. The van der Waals surface area contributed by atoms with Gasteiger partial charge in [-0.15, -0.1) is 5.73 Å². The highest BCUT2D eigenvalue weighted by atomic mass is 19.4. The van der Waals surface area contributed by atoms with Gasteiger partial charge in [-0.25, -0.2) is 8.78 Å². The Morgan fingerprint density at radius 2 is 1.94 bits per heavy atom. The zero-order valence-corrected chi connectivity index (χ0v) is 8.80. The Hall–Kier alpha value is -1.94. The van der Waals surface area contributed by atoms with Crippen LogP contribution in [0.25, 0.3) is 5.57 Å². The summed E-state index contributed by atoms with van der Waals surface area (Å²) in [5, 5.41) is 0. The van der Waals surface area contributed by atoms with Crippen LogP contribution >= 0.6 is 0 Å². The summed E-state index contributed by atoms with van der Waals surface area (Å²) < 4.78 is 62.9. The Morgan fingerprint density at radius 1 is 1.22 bits per heavy atom. The lowest BCUT2D eigenvalue weighted by molar-refractivity contribution is -0.137. The van der Waals surface area contributed by atoms with Gasteiger partial charge in [0.25, 0.3) is 0 Å². The number of nitrogens with zero attached hydrogens (tertiary/aromatic N) is 1. The molecule has 18 heavy (non-hydrogen) atoms. The second-order valence-corrected chi connectivity index (χ2v) is 3.59. The molecule has 1 aromatic heterocycles. The number of pyridine rings is 1. The number of rotatable bonds is 1. The maximum absolute atomic E-state index is 13.4. The normalized spacial score (nSPS) is 19.5. The third-order valence-electron chi connectivity index (χ3n) is 2.31. The van der Waals surface area contributed by atoms with Gasteiger partial charge < -0.3 is 0 Å². The summed E-state index contributed by atoms with van der Waals surface area (Å²) in [7, 11) is 0. The highest BCUT2D eigenvalue weighted by molar-refractivity contribution is 5.69. The molecule has 1 aromatic rings. The van der Waals surface area contributed by atoms with Crippen molar-refractivity contribution in [1.82, 2.24) is 4.98 Å². The van der Waals surface area contributed by atoms with Crippen LogP contribution in [-0.2, 0) is 6.18 Å². The second kappa shape index (κ2) is 4.38. The molecule has 0 radical (unpaired) electrons. The molecule has 0 amide bonds. The lowest BCUT2D eigenvalue weighted by atomic mass is 10.0. The molecule has 0 spiro atoms. The lowest BCUT2D eigenvalue weighted by Crippen LogP contribution is -2.08. The first-order valence-electron chi connectivity index (χ1n) is 4.89. The lowest BCUT2D eigenvalue weighted by Gasteiger charge is -2.11. The van der Waals surface area contributed by atoms with Crippen LogP contribution in [0.3, 0.4) is 0 Å². The molecule has 1 atom stereocenters. The molecule has 0 saturated carbocycles. The van der Waals surface area contributed by atoms with E-state index in [4.69, 9.17) is 0 Å². The van der Waals surface area contributed by atoms with Crippen LogP contribution in [0.1, 0.15) is 11.3 Å². The van der Waals surface area contributed by atoms with Crippen LogP contribution in [-0.4, -0.2) is 11.2 Å². The van der Waals surface area contributed by atoms with Gasteiger partial charge in [-0.2, -0.15) is 13.2 Å². The minimum absolute atomic E-state index is 0.00417. The fourth-order valence-electron chi connectivity index (χ4n) is 1.43. The van der Waals surface area contributed by atoms with Gasteiger partial charge in [0.05, 0.1) is 16.8 Å². The fraction of sp³-hybridized carbons (Fsp3) is 0.167. The Labute approximate surface area is 99.0 Å². The maximum Gasteiger partial charge on any atom is 0.417 e.